The summed E-state index contributed by atoms with van der Waals surface area (Å²) in [7, 11) is 0. The first kappa shape index (κ1) is 14.6. The molecule has 1 aromatic rings. The van der Waals surface area contributed by atoms with Crippen molar-refractivity contribution in [2.75, 3.05) is 16.8 Å². The number of hydrogen-bond donors (Lipinski definition) is 0. The van der Waals surface area contributed by atoms with Crippen LogP contribution in [0.25, 0.3) is 0 Å². The molecule has 1 nitrogen and oxygen atoms in total. The summed E-state index contributed by atoms with van der Waals surface area (Å²) in [4.78, 5) is 1.85. The highest BCUT2D eigenvalue weighted by atomic mass is 79.9. The molecule has 0 spiro atoms. The molecule has 1 aromatic carbocycles. The van der Waals surface area contributed by atoms with Gasteiger partial charge in [-0.2, -0.15) is 13.2 Å². The molecule has 1 atom stereocenters. The molecule has 106 valence electrons. The van der Waals surface area contributed by atoms with E-state index in [9.17, 15) is 17.6 Å². The van der Waals surface area contributed by atoms with E-state index in [0.717, 1.165) is 25.3 Å². The Labute approximate surface area is 117 Å². The standard InChI is InChI=1S/C13H14BrF4N/c14-8-10-3-1-2-6-19(10)12-5-4-9(7-11(12)15)13(16,17)18/h4-5,7,10H,1-3,6,8H2. The number of hydrogen-bond acceptors (Lipinski definition) is 1. The molecule has 0 N–H and O–H groups in total. The van der Waals surface area contributed by atoms with E-state index in [1.165, 1.54) is 6.07 Å². The molecule has 19 heavy (non-hydrogen) atoms. The topological polar surface area (TPSA) is 3.24 Å². The van der Waals surface area contributed by atoms with Gasteiger partial charge in [-0.3, -0.25) is 0 Å². The minimum atomic E-state index is -4.50. The third kappa shape index (κ3) is 3.22. The molecule has 1 heterocycles. The Balaban J connectivity index is 2.30. The lowest BCUT2D eigenvalue weighted by Gasteiger charge is -2.37. The van der Waals surface area contributed by atoms with Gasteiger partial charge in [-0.25, -0.2) is 4.39 Å². The number of halogens is 5. The molecule has 0 aromatic heterocycles. The quantitative estimate of drug-likeness (QED) is 0.562. The second-order valence-electron chi connectivity index (χ2n) is 4.66. The van der Waals surface area contributed by atoms with Crippen LogP contribution in [0.2, 0.25) is 0 Å². The third-order valence-electron chi connectivity index (χ3n) is 3.39. The second kappa shape index (κ2) is 5.69. The van der Waals surface area contributed by atoms with Gasteiger partial charge < -0.3 is 4.90 Å². The van der Waals surface area contributed by atoms with Gasteiger partial charge in [0.1, 0.15) is 5.82 Å². The molecule has 1 saturated heterocycles. The molecule has 1 aliphatic heterocycles. The number of rotatable bonds is 2. The van der Waals surface area contributed by atoms with E-state index in [-0.39, 0.29) is 11.7 Å². The zero-order valence-electron chi connectivity index (χ0n) is 10.2. The van der Waals surface area contributed by atoms with E-state index in [2.05, 4.69) is 15.9 Å². The summed E-state index contributed by atoms with van der Waals surface area (Å²) in [6, 6.07) is 2.90. The molecule has 6 heteroatoms. The highest BCUT2D eigenvalue weighted by Crippen LogP contribution is 2.34. The van der Waals surface area contributed by atoms with Crippen molar-refractivity contribution in [2.45, 2.75) is 31.5 Å². The molecule has 1 fully saturated rings. The van der Waals surface area contributed by atoms with Gasteiger partial charge in [0.05, 0.1) is 11.3 Å². The lowest BCUT2D eigenvalue weighted by molar-refractivity contribution is -0.137. The van der Waals surface area contributed by atoms with E-state index in [1.54, 1.807) is 0 Å². The maximum absolute atomic E-state index is 13.9. The van der Waals surface area contributed by atoms with Crippen molar-refractivity contribution >= 4 is 21.6 Å². The van der Waals surface area contributed by atoms with Gasteiger partial charge in [0.15, 0.2) is 0 Å². The fourth-order valence-corrected chi connectivity index (χ4v) is 3.07. The Hall–Kier alpha value is -0.780. The van der Waals surface area contributed by atoms with E-state index in [0.29, 0.717) is 17.9 Å². The first-order valence-electron chi connectivity index (χ1n) is 6.13. The first-order valence-corrected chi connectivity index (χ1v) is 7.25. The van der Waals surface area contributed by atoms with Crippen molar-refractivity contribution in [3.05, 3.63) is 29.6 Å². The lowest BCUT2D eigenvalue weighted by Crippen LogP contribution is -2.41. The maximum atomic E-state index is 13.9. The Morgan fingerprint density at radius 2 is 2.00 bits per heavy atom. The van der Waals surface area contributed by atoms with Gasteiger partial charge in [-0.1, -0.05) is 15.9 Å². The average molecular weight is 340 g/mol. The van der Waals surface area contributed by atoms with E-state index in [4.69, 9.17) is 0 Å². The van der Waals surface area contributed by atoms with Crippen molar-refractivity contribution in [2.24, 2.45) is 0 Å². The largest absolute Gasteiger partial charge is 0.416 e. The van der Waals surface area contributed by atoms with Crippen LogP contribution in [0.3, 0.4) is 0 Å². The molecule has 0 saturated carbocycles. The molecule has 0 radical (unpaired) electrons. The van der Waals surface area contributed by atoms with Crippen LogP contribution in [-0.4, -0.2) is 17.9 Å². The molecule has 1 unspecified atom stereocenters. The van der Waals surface area contributed by atoms with Crippen LogP contribution in [0, 0.1) is 5.82 Å². The summed E-state index contributed by atoms with van der Waals surface area (Å²) < 4.78 is 51.4. The summed E-state index contributed by atoms with van der Waals surface area (Å²) >= 11 is 3.38. The van der Waals surface area contributed by atoms with Gasteiger partial charge in [-0.05, 0) is 37.5 Å². The van der Waals surface area contributed by atoms with Crippen molar-refractivity contribution in [3.8, 4) is 0 Å². The number of nitrogens with zero attached hydrogens (tertiary/aromatic N) is 1. The van der Waals surface area contributed by atoms with Crippen LogP contribution in [-0.2, 0) is 6.18 Å². The van der Waals surface area contributed by atoms with E-state index in [1.807, 2.05) is 4.90 Å². The Morgan fingerprint density at radius 3 is 2.58 bits per heavy atom. The van der Waals surface area contributed by atoms with Crippen LogP contribution < -0.4 is 4.90 Å². The second-order valence-corrected chi connectivity index (χ2v) is 5.31. The number of benzene rings is 1. The highest BCUT2D eigenvalue weighted by molar-refractivity contribution is 9.09. The van der Waals surface area contributed by atoms with Crippen LogP contribution in [0.5, 0.6) is 0 Å². The molecular formula is C13H14BrF4N. The van der Waals surface area contributed by atoms with Crippen LogP contribution in [0.15, 0.2) is 18.2 Å². The van der Waals surface area contributed by atoms with Gasteiger partial charge in [0, 0.05) is 17.9 Å². The monoisotopic (exact) mass is 339 g/mol. The lowest BCUT2D eigenvalue weighted by atomic mass is 10.0. The van der Waals surface area contributed by atoms with Gasteiger partial charge >= 0.3 is 6.18 Å². The van der Waals surface area contributed by atoms with Gasteiger partial charge in [0.25, 0.3) is 0 Å². The first-order chi connectivity index (χ1) is 8.93. The van der Waals surface area contributed by atoms with Crippen LogP contribution in [0.4, 0.5) is 23.2 Å². The van der Waals surface area contributed by atoms with Crippen molar-refractivity contribution in [1.82, 2.24) is 0 Å². The minimum absolute atomic E-state index is 0.139. The number of alkyl halides is 4. The molecule has 0 amide bonds. The van der Waals surface area contributed by atoms with Gasteiger partial charge in [-0.15, -0.1) is 0 Å². The zero-order chi connectivity index (χ0) is 14.0. The molecule has 2 rings (SSSR count). The minimum Gasteiger partial charge on any atom is -0.365 e. The third-order valence-corrected chi connectivity index (χ3v) is 4.14. The maximum Gasteiger partial charge on any atom is 0.416 e. The summed E-state index contributed by atoms with van der Waals surface area (Å²) in [6.45, 7) is 0.679. The summed E-state index contributed by atoms with van der Waals surface area (Å²) in [5, 5.41) is 0.688. The fraction of sp³-hybridized carbons (Fsp3) is 0.538. The van der Waals surface area contributed by atoms with Crippen molar-refractivity contribution in [3.63, 3.8) is 0 Å². The van der Waals surface area contributed by atoms with E-state index >= 15 is 0 Å². The number of piperidine rings is 1. The van der Waals surface area contributed by atoms with Crippen LogP contribution >= 0.6 is 15.9 Å². The fourth-order valence-electron chi connectivity index (χ4n) is 2.39. The molecule has 0 aliphatic carbocycles. The predicted molar refractivity (Wildman–Crippen MR) is 70.2 cm³/mol. The summed E-state index contributed by atoms with van der Waals surface area (Å²) in [5.74, 6) is -0.803. The molecule has 0 bridgehead atoms. The molecular weight excluding hydrogens is 326 g/mol. The van der Waals surface area contributed by atoms with Gasteiger partial charge in [0.2, 0.25) is 0 Å². The van der Waals surface area contributed by atoms with Crippen LogP contribution in [0.1, 0.15) is 24.8 Å². The SMILES string of the molecule is Fc1cc(C(F)(F)F)ccc1N1CCCCC1CBr. The molecule has 1 aliphatic rings. The summed E-state index contributed by atoms with van der Waals surface area (Å²) in [5.41, 5.74) is -0.682. The predicted octanol–water partition coefficient (Wildman–Crippen LogP) is 4.60. The normalized spacial score (nSPS) is 20.7. The smallest absolute Gasteiger partial charge is 0.365 e. The van der Waals surface area contributed by atoms with E-state index < -0.39 is 17.6 Å². The highest BCUT2D eigenvalue weighted by Gasteiger charge is 2.32. The van der Waals surface area contributed by atoms with Crippen molar-refractivity contribution < 1.29 is 17.6 Å². The Bertz CT molecular complexity index is 447. The van der Waals surface area contributed by atoms with Crippen molar-refractivity contribution in [1.29, 1.82) is 0 Å². The summed E-state index contributed by atoms with van der Waals surface area (Å²) in [6.07, 6.45) is -1.58. The zero-order valence-corrected chi connectivity index (χ0v) is 11.8. The Kier molecular flexibility index (Phi) is 4.38. The number of anilines is 1. The average Bonchev–Trinajstić information content (AvgIpc) is 2.37. The Morgan fingerprint density at radius 1 is 1.26 bits per heavy atom.